The Balaban J connectivity index is 1.58. The third-order valence-corrected chi connectivity index (χ3v) is 6.92. The lowest BCUT2D eigenvalue weighted by Crippen LogP contribution is -2.39. The van der Waals surface area contributed by atoms with E-state index in [1.54, 1.807) is 0 Å². The minimum atomic E-state index is 0.608. The molecule has 2 aliphatic carbocycles. The average Bonchev–Trinajstić information content (AvgIpc) is 3.14. The first-order valence-electron chi connectivity index (χ1n) is 10.6. The van der Waals surface area contributed by atoms with Gasteiger partial charge >= 0.3 is 0 Å². The molecule has 4 rings (SSSR count). The second-order valence-electron chi connectivity index (χ2n) is 9.86. The van der Waals surface area contributed by atoms with Gasteiger partial charge < -0.3 is 0 Å². The summed E-state index contributed by atoms with van der Waals surface area (Å²) in [6.45, 7) is 11.5. The van der Waals surface area contributed by atoms with Crippen molar-refractivity contribution in [3.8, 4) is 0 Å². The largest absolute Gasteiger partial charge is 0.160 e. The van der Waals surface area contributed by atoms with E-state index < -0.39 is 0 Å². The van der Waals surface area contributed by atoms with Crippen molar-refractivity contribution in [1.82, 2.24) is 0 Å². The fourth-order valence-electron chi connectivity index (χ4n) is 6.13. The molecule has 3 aliphatic rings. The van der Waals surface area contributed by atoms with Crippen LogP contribution in [-0.4, -0.2) is 11.4 Å². The molecular formula is C24H34N2. The maximum atomic E-state index is 4.72. The lowest BCUT2D eigenvalue weighted by atomic mass is 9.67. The third kappa shape index (κ3) is 3.17. The van der Waals surface area contributed by atoms with Gasteiger partial charge in [0, 0.05) is 17.5 Å². The summed E-state index contributed by atoms with van der Waals surface area (Å²) in [5.74, 6) is 5.31. The predicted molar refractivity (Wildman–Crippen MR) is 111 cm³/mol. The van der Waals surface area contributed by atoms with E-state index in [9.17, 15) is 0 Å². The summed E-state index contributed by atoms with van der Waals surface area (Å²) in [5, 5.41) is 9.36. The van der Waals surface area contributed by atoms with Crippen LogP contribution in [0.2, 0.25) is 0 Å². The van der Waals surface area contributed by atoms with Gasteiger partial charge in [0.15, 0.2) is 0 Å². The lowest BCUT2D eigenvalue weighted by Gasteiger charge is -2.38. The highest BCUT2D eigenvalue weighted by atomic mass is 15.2. The molecule has 0 aromatic heterocycles. The van der Waals surface area contributed by atoms with Gasteiger partial charge in [0.1, 0.15) is 0 Å². The van der Waals surface area contributed by atoms with E-state index in [0.717, 1.165) is 30.1 Å². The Hall–Kier alpha value is -1.44. The van der Waals surface area contributed by atoms with Crippen molar-refractivity contribution >= 4 is 11.4 Å². The summed E-state index contributed by atoms with van der Waals surface area (Å²) in [7, 11) is 0. The summed E-state index contributed by atoms with van der Waals surface area (Å²) < 4.78 is 0. The molecule has 0 radical (unpaired) electrons. The van der Waals surface area contributed by atoms with Gasteiger partial charge in [0.25, 0.3) is 0 Å². The molecule has 2 heteroatoms. The molecule has 0 N–H and O–H groups in total. The summed E-state index contributed by atoms with van der Waals surface area (Å²) >= 11 is 0. The van der Waals surface area contributed by atoms with Gasteiger partial charge in [0.05, 0.1) is 5.71 Å². The Labute approximate surface area is 159 Å². The smallest absolute Gasteiger partial charge is 0.0742 e. The molecule has 0 spiro atoms. The first-order chi connectivity index (χ1) is 12.4. The van der Waals surface area contributed by atoms with Crippen LogP contribution in [0.25, 0.3) is 0 Å². The van der Waals surface area contributed by atoms with E-state index in [4.69, 9.17) is 5.10 Å². The first-order valence-corrected chi connectivity index (χ1v) is 10.6. The highest BCUT2D eigenvalue weighted by Crippen LogP contribution is 2.58. The fourth-order valence-corrected chi connectivity index (χ4v) is 6.13. The zero-order valence-electron chi connectivity index (χ0n) is 17.1. The molecule has 1 aliphatic heterocycles. The second-order valence-corrected chi connectivity index (χ2v) is 9.86. The number of nitrogens with zero attached hydrogens (tertiary/aromatic N) is 2. The van der Waals surface area contributed by atoms with Gasteiger partial charge in [0.2, 0.25) is 0 Å². The Morgan fingerprint density at radius 2 is 1.65 bits per heavy atom. The van der Waals surface area contributed by atoms with Crippen LogP contribution < -0.4 is 0 Å². The minimum Gasteiger partial charge on any atom is -0.160 e. The molecule has 1 heterocycles. The molecule has 5 unspecified atom stereocenters. The molecule has 2 bridgehead atoms. The van der Waals surface area contributed by atoms with Gasteiger partial charge in [-0.25, -0.2) is 0 Å². The molecule has 0 amide bonds. The zero-order chi connectivity index (χ0) is 18.4. The van der Waals surface area contributed by atoms with Crippen LogP contribution in [0.3, 0.4) is 0 Å². The summed E-state index contributed by atoms with van der Waals surface area (Å²) in [4.78, 5) is 0. The van der Waals surface area contributed by atoms with Crippen LogP contribution in [0.15, 0.2) is 34.5 Å². The Bertz CT molecular complexity index is 710. The lowest BCUT2D eigenvalue weighted by molar-refractivity contribution is 0.222. The van der Waals surface area contributed by atoms with Crippen LogP contribution in [0.1, 0.15) is 65.0 Å². The maximum Gasteiger partial charge on any atom is 0.0742 e. The number of fused-ring (bicyclic) bond motifs is 5. The van der Waals surface area contributed by atoms with E-state index in [-0.39, 0.29) is 0 Å². The van der Waals surface area contributed by atoms with Gasteiger partial charge in [-0.1, -0.05) is 52.0 Å². The Kier molecular flexibility index (Phi) is 4.79. The van der Waals surface area contributed by atoms with Crippen molar-refractivity contribution in [2.45, 2.75) is 60.3 Å². The standard InChI is InChI=1S/C24H34N2/c1-14(2)10-17-6-8-18(9-7-17)24-23-20-12-19(11-15(3)4)21(13-20)22(23)16(5)25-26-24/h6-9,14-15,19-23H,10-13H2,1-5H3. The van der Waals surface area contributed by atoms with Crippen molar-refractivity contribution in [3.63, 3.8) is 0 Å². The van der Waals surface area contributed by atoms with Crippen LogP contribution in [0.4, 0.5) is 0 Å². The summed E-state index contributed by atoms with van der Waals surface area (Å²) in [5.41, 5.74) is 5.29. The Morgan fingerprint density at radius 3 is 2.31 bits per heavy atom. The first kappa shape index (κ1) is 17.9. The van der Waals surface area contributed by atoms with Crippen LogP contribution in [0, 0.1) is 41.4 Å². The monoisotopic (exact) mass is 350 g/mol. The summed E-state index contributed by atoms with van der Waals surface area (Å²) in [6.07, 6.45) is 5.33. The van der Waals surface area contributed by atoms with Crippen molar-refractivity contribution in [2.24, 2.45) is 51.6 Å². The van der Waals surface area contributed by atoms with Crippen LogP contribution in [-0.2, 0) is 6.42 Å². The van der Waals surface area contributed by atoms with Crippen molar-refractivity contribution in [2.75, 3.05) is 0 Å². The number of hydrogen-bond acceptors (Lipinski definition) is 2. The molecule has 0 saturated heterocycles. The second kappa shape index (κ2) is 6.94. The highest BCUT2D eigenvalue weighted by molar-refractivity contribution is 6.07. The molecule has 5 atom stereocenters. The summed E-state index contributed by atoms with van der Waals surface area (Å²) in [6, 6.07) is 9.18. The number of hydrogen-bond donors (Lipinski definition) is 0. The molecule has 1 aromatic rings. The minimum absolute atomic E-state index is 0.608. The molecule has 1 aromatic carbocycles. The SMILES string of the molecule is CC1=NN=C(c2ccc(CC(C)C)cc2)C2C3CC(CC(C)C)C(C3)C12. The quantitative estimate of drug-likeness (QED) is 0.622. The predicted octanol–water partition coefficient (Wildman–Crippen LogP) is 6.00. The molecule has 2 saturated carbocycles. The van der Waals surface area contributed by atoms with Gasteiger partial charge in [-0.15, -0.1) is 0 Å². The third-order valence-electron chi connectivity index (χ3n) is 6.92. The van der Waals surface area contributed by atoms with E-state index in [2.05, 4.69) is 64.0 Å². The van der Waals surface area contributed by atoms with Crippen molar-refractivity contribution in [3.05, 3.63) is 35.4 Å². The van der Waals surface area contributed by atoms with Crippen molar-refractivity contribution < 1.29 is 0 Å². The van der Waals surface area contributed by atoms with Gasteiger partial charge in [-0.05, 0) is 73.3 Å². The molecule has 140 valence electrons. The topological polar surface area (TPSA) is 24.7 Å². The molecule has 2 fully saturated rings. The molecule has 26 heavy (non-hydrogen) atoms. The molecular weight excluding hydrogens is 316 g/mol. The van der Waals surface area contributed by atoms with E-state index in [1.807, 2.05) is 0 Å². The van der Waals surface area contributed by atoms with Gasteiger partial charge in [-0.3, -0.25) is 0 Å². The molecule has 2 nitrogen and oxygen atoms in total. The Morgan fingerprint density at radius 1 is 0.923 bits per heavy atom. The van der Waals surface area contributed by atoms with E-state index in [1.165, 1.54) is 41.8 Å². The maximum absolute atomic E-state index is 4.72. The zero-order valence-corrected chi connectivity index (χ0v) is 17.1. The normalized spacial score (nSPS) is 32.8. The average molecular weight is 351 g/mol. The van der Waals surface area contributed by atoms with Crippen LogP contribution >= 0.6 is 0 Å². The van der Waals surface area contributed by atoms with E-state index in [0.29, 0.717) is 17.8 Å². The fraction of sp³-hybridized carbons (Fsp3) is 0.667. The van der Waals surface area contributed by atoms with Crippen molar-refractivity contribution in [1.29, 1.82) is 0 Å². The van der Waals surface area contributed by atoms with Crippen LogP contribution in [0.5, 0.6) is 0 Å². The number of rotatable bonds is 5. The highest BCUT2D eigenvalue weighted by Gasteiger charge is 2.55. The van der Waals surface area contributed by atoms with E-state index >= 15 is 0 Å². The number of benzene rings is 1. The van der Waals surface area contributed by atoms with Gasteiger partial charge in [-0.2, -0.15) is 10.2 Å².